The van der Waals surface area contributed by atoms with Crippen molar-refractivity contribution in [1.82, 2.24) is 0 Å². The van der Waals surface area contributed by atoms with Gasteiger partial charge in [0.25, 0.3) is 0 Å². The van der Waals surface area contributed by atoms with E-state index in [0.717, 1.165) is 32.1 Å². The second-order valence-electron chi connectivity index (χ2n) is 20.3. The number of hydrogen-bond acceptors (Lipinski definition) is 16. The molecule has 7 aliphatic rings. The zero-order valence-electron chi connectivity index (χ0n) is 36.2. The number of aliphatic hydroxyl groups excluding tert-OH is 6. The maximum atomic E-state index is 13.3. The van der Waals surface area contributed by atoms with Crippen molar-refractivity contribution in [2.75, 3.05) is 13.2 Å². The molecular weight excluding hydrogens is 784 g/mol. The summed E-state index contributed by atoms with van der Waals surface area (Å²) in [5, 5.41) is 63.8. The molecule has 0 aromatic carbocycles. The highest BCUT2D eigenvalue weighted by Crippen LogP contribution is 2.74. The van der Waals surface area contributed by atoms with Gasteiger partial charge in [-0.05, 0) is 98.4 Å². The Bertz CT molecular complexity index is 1650. The lowest BCUT2D eigenvalue weighted by Gasteiger charge is -2.70. The van der Waals surface area contributed by atoms with Crippen molar-refractivity contribution < 1.29 is 78.2 Å². The normalized spacial score (nSPS) is 48.6. The lowest BCUT2D eigenvalue weighted by molar-refractivity contribution is -0.376. The molecule has 16 heteroatoms. The predicted molar refractivity (Wildman–Crippen MR) is 209 cm³/mol. The second-order valence-corrected chi connectivity index (χ2v) is 20.3. The molecule has 4 heterocycles. The Balaban J connectivity index is 1.13. The largest absolute Gasteiger partial charge is 0.465 e. The van der Waals surface area contributed by atoms with Gasteiger partial charge in [-0.2, -0.15) is 0 Å². The van der Waals surface area contributed by atoms with E-state index in [0.29, 0.717) is 18.4 Å². The van der Waals surface area contributed by atoms with Gasteiger partial charge in [-0.1, -0.05) is 34.6 Å². The highest BCUT2D eigenvalue weighted by atomic mass is 16.8. The average molecular weight is 853 g/mol. The van der Waals surface area contributed by atoms with E-state index >= 15 is 0 Å². The molecule has 0 amide bonds. The number of aliphatic hydroxyl groups is 6. The van der Waals surface area contributed by atoms with Crippen LogP contribution in [0, 0.1) is 45.3 Å². The van der Waals surface area contributed by atoms with Crippen molar-refractivity contribution in [3.05, 3.63) is 11.6 Å². The Labute approximate surface area is 352 Å². The minimum absolute atomic E-state index is 0.0229. The van der Waals surface area contributed by atoms with Crippen molar-refractivity contribution in [3.8, 4) is 0 Å². The molecule has 1 spiro atoms. The molecule has 6 N–H and O–H groups in total. The van der Waals surface area contributed by atoms with Gasteiger partial charge >= 0.3 is 17.9 Å². The number of fused-ring (bicyclic) bond motifs is 4. The molecule has 3 aliphatic carbocycles. The highest BCUT2D eigenvalue weighted by Gasteiger charge is 2.71. The van der Waals surface area contributed by atoms with Crippen molar-refractivity contribution in [1.29, 1.82) is 0 Å². The van der Waals surface area contributed by atoms with Crippen molar-refractivity contribution in [2.24, 2.45) is 45.3 Å². The summed E-state index contributed by atoms with van der Waals surface area (Å²) in [6.45, 7) is 15.4. The first-order chi connectivity index (χ1) is 28.1. The number of carbonyl (C=O) groups is 3. The molecule has 20 atom stereocenters. The van der Waals surface area contributed by atoms with Gasteiger partial charge in [0.05, 0.1) is 31.8 Å². The second kappa shape index (κ2) is 16.7. The summed E-state index contributed by atoms with van der Waals surface area (Å²) in [7, 11) is 0. The first-order valence-corrected chi connectivity index (χ1v) is 21.9. The first-order valence-electron chi connectivity index (χ1n) is 21.9. The molecule has 16 nitrogen and oxygen atoms in total. The van der Waals surface area contributed by atoms with Crippen molar-refractivity contribution in [3.63, 3.8) is 0 Å². The third kappa shape index (κ3) is 7.55. The third-order valence-electron chi connectivity index (χ3n) is 16.8. The summed E-state index contributed by atoms with van der Waals surface area (Å²) in [6, 6.07) is 0. The van der Waals surface area contributed by atoms with Gasteiger partial charge in [0.15, 0.2) is 12.6 Å². The molecule has 3 saturated heterocycles. The fourth-order valence-electron chi connectivity index (χ4n) is 13.6. The summed E-state index contributed by atoms with van der Waals surface area (Å²) >= 11 is 0. The maximum absolute atomic E-state index is 13.3. The molecule has 6 fully saturated rings. The SMILES string of the molecule is CC(=O)O[C@@H](C[C@@H]1C=C(C)C(=O)O1)[C@H](C)[C@H]1CC[C@H]2[C@@]3(C)CC[C@H](O[C@@H]4O[C@H](CO)[C@@H](O)[C@H](O)[C@H]4O[C@@H]4O[C@@H](C)[C@H](O)[C@@H](O)[C@H]4O)C(C)(C)[C@@H]3CC[C@@]2(C)[C@@]12COC(=O)C2. The van der Waals surface area contributed by atoms with E-state index in [9.17, 15) is 45.0 Å². The van der Waals surface area contributed by atoms with Crippen LogP contribution in [-0.2, 0) is 47.5 Å². The smallest absolute Gasteiger partial charge is 0.334 e. The summed E-state index contributed by atoms with van der Waals surface area (Å²) in [6.07, 6.45) is -8.62. The Morgan fingerprint density at radius 3 is 2.22 bits per heavy atom. The van der Waals surface area contributed by atoms with Gasteiger partial charge in [0, 0.05) is 24.3 Å². The van der Waals surface area contributed by atoms with E-state index in [1.807, 2.05) is 0 Å². The Kier molecular flexibility index (Phi) is 12.7. The lowest BCUT2D eigenvalue weighted by Crippen LogP contribution is -2.67. The fourth-order valence-corrected chi connectivity index (χ4v) is 13.6. The lowest BCUT2D eigenvalue weighted by atomic mass is 9.34. The molecule has 3 saturated carbocycles. The molecule has 340 valence electrons. The number of ether oxygens (including phenoxy) is 7. The molecule has 0 unspecified atom stereocenters. The van der Waals surface area contributed by atoms with Crippen LogP contribution in [0.1, 0.15) is 107 Å². The summed E-state index contributed by atoms with van der Waals surface area (Å²) < 4.78 is 42.1. The van der Waals surface area contributed by atoms with Gasteiger partial charge in [0.2, 0.25) is 0 Å². The monoisotopic (exact) mass is 852 g/mol. The van der Waals surface area contributed by atoms with Crippen molar-refractivity contribution in [2.45, 2.75) is 186 Å². The standard InChI is InChI=1S/C44H68O16/c1-20-15-24(57-38(20)53)16-26(56-23(4)46)21(2)25-9-10-29-42(7)13-12-30(41(5,6)28(42)11-14-43(29,8)44(25)17-31(47)54-19-44)59-40-37(35(51)33(49)27(18-45)58-40)60-39-36(52)34(50)32(48)22(3)55-39/h15,21-22,24-30,32-37,39-40,45,48-52H,9-14,16-19H2,1-8H3/t21-,22+,24+,25-,26+,27-,28+,29+,30+,32+,33-,34-,35+,36-,37-,39+,40+,42+,43-,44+/m1/s1. The number of hydrogen-bond donors (Lipinski definition) is 6. The van der Waals surface area contributed by atoms with Crippen molar-refractivity contribution >= 4 is 17.9 Å². The number of rotatable bonds is 10. The number of cyclic esters (lactones) is 2. The molecular formula is C44H68O16. The predicted octanol–water partition coefficient (Wildman–Crippen LogP) is 2.06. The van der Waals surface area contributed by atoms with Gasteiger partial charge in [-0.25, -0.2) is 4.79 Å². The first kappa shape index (κ1) is 45.8. The third-order valence-corrected chi connectivity index (χ3v) is 16.8. The van der Waals surface area contributed by atoms with Crippen LogP contribution in [-0.4, -0.2) is 141 Å². The van der Waals surface area contributed by atoms with Crippen LogP contribution in [0.2, 0.25) is 0 Å². The Morgan fingerprint density at radius 1 is 0.883 bits per heavy atom. The van der Waals surface area contributed by atoms with Crippen LogP contribution in [0.5, 0.6) is 0 Å². The quantitative estimate of drug-likeness (QED) is 0.105. The van der Waals surface area contributed by atoms with Crippen LogP contribution < -0.4 is 0 Å². The molecule has 4 aliphatic heterocycles. The van der Waals surface area contributed by atoms with Gasteiger partial charge in [-0.15, -0.1) is 0 Å². The summed E-state index contributed by atoms with van der Waals surface area (Å²) in [4.78, 5) is 38.1. The van der Waals surface area contributed by atoms with Crippen LogP contribution in [0.25, 0.3) is 0 Å². The molecule has 0 aromatic heterocycles. The Hall–Kier alpha value is -2.25. The van der Waals surface area contributed by atoms with Gasteiger partial charge in [-0.3, -0.25) is 9.59 Å². The van der Waals surface area contributed by atoms with Gasteiger partial charge in [0.1, 0.15) is 54.9 Å². The van der Waals surface area contributed by atoms with E-state index in [1.165, 1.54) is 13.8 Å². The van der Waals surface area contributed by atoms with E-state index < -0.39 is 103 Å². The van der Waals surface area contributed by atoms with E-state index in [2.05, 4.69) is 34.6 Å². The van der Waals surface area contributed by atoms with Crippen LogP contribution >= 0.6 is 0 Å². The van der Waals surface area contributed by atoms with E-state index in [1.54, 1.807) is 13.0 Å². The summed E-state index contributed by atoms with van der Waals surface area (Å²) in [5.74, 6) is -0.875. The van der Waals surface area contributed by atoms with Crippen LogP contribution in [0.3, 0.4) is 0 Å². The summed E-state index contributed by atoms with van der Waals surface area (Å²) in [5.41, 5.74) is -0.995. The molecule has 7 rings (SSSR count). The molecule has 0 bridgehead atoms. The minimum Gasteiger partial charge on any atom is -0.465 e. The molecule has 60 heavy (non-hydrogen) atoms. The van der Waals surface area contributed by atoms with Crippen LogP contribution in [0.15, 0.2) is 11.6 Å². The highest BCUT2D eigenvalue weighted by molar-refractivity contribution is 5.90. The maximum Gasteiger partial charge on any atom is 0.334 e. The fraction of sp³-hybridized carbons (Fsp3) is 0.886. The minimum atomic E-state index is -1.68. The van der Waals surface area contributed by atoms with E-state index in [-0.39, 0.29) is 59.5 Å². The topological polar surface area (TPSA) is 237 Å². The number of esters is 3. The molecule has 0 aromatic rings. The van der Waals surface area contributed by atoms with Gasteiger partial charge < -0.3 is 63.8 Å². The van der Waals surface area contributed by atoms with E-state index in [4.69, 9.17) is 33.2 Å². The van der Waals surface area contributed by atoms with Crippen LogP contribution in [0.4, 0.5) is 0 Å². The Morgan fingerprint density at radius 2 is 1.60 bits per heavy atom. The average Bonchev–Trinajstić information content (AvgIpc) is 3.73. The number of carbonyl (C=O) groups excluding carboxylic acids is 3. The zero-order valence-corrected chi connectivity index (χ0v) is 36.2. The zero-order chi connectivity index (χ0) is 43.9. The molecule has 0 radical (unpaired) electrons.